The molecular weight excluding hydrogens is 286 g/mol. The summed E-state index contributed by atoms with van der Waals surface area (Å²) in [7, 11) is 0. The van der Waals surface area contributed by atoms with Gasteiger partial charge in [0.25, 0.3) is 0 Å². The summed E-state index contributed by atoms with van der Waals surface area (Å²) in [4.78, 5) is 15.6. The first-order valence-corrected chi connectivity index (χ1v) is 7.70. The summed E-state index contributed by atoms with van der Waals surface area (Å²) < 4.78 is 5.03. The van der Waals surface area contributed by atoms with Gasteiger partial charge >= 0.3 is 5.97 Å². The van der Waals surface area contributed by atoms with Crippen LogP contribution in [0.25, 0.3) is 0 Å². The van der Waals surface area contributed by atoms with Gasteiger partial charge in [-0.2, -0.15) is 0 Å². The minimum absolute atomic E-state index is 0.465. The van der Waals surface area contributed by atoms with Crippen molar-refractivity contribution in [3.8, 4) is 5.75 Å². The first-order valence-electron chi connectivity index (χ1n) is 7.70. The van der Waals surface area contributed by atoms with Crippen LogP contribution >= 0.6 is 0 Å². The number of aliphatic imine (C=N–C) groups is 1. The van der Waals surface area contributed by atoms with Gasteiger partial charge in [-0.3, -0.25) is 4.99 Å². The molecule has 0 amide bonds. The van der Waals surface area contributed by atoms with Crippen LogP contribution < -0.4 is 4.74 Å². The Hall–Kier alpha value is -2.68. The van der Waals surface area contributed by atoms with Crippen LogP contribution in [-0.4, -0.2) is 12.2 Å². The number of hydrogen-bond acceptors (Lipinski definition) is 3. The Balaban J connectivity index is 2.02. The van der Waals surface area contributed by atoms with Crippen LogP contribution in [-0.2, 0) is 4.79 Å². The molecule has 2 rings (SSSR count). The molecule has 0 aliphatic carbocycles. The SMILES string of the molecule is C=CC(=O)Oc1ccc(C=Nc2ccc(C(C)CC)cc2)cc1. The molecule has 0 N–H and O–H groups in total. The zero-order chi connectivity index (χ0) is 16.7. The summed E-state index contributed by atoms with van der Waals surface area (Å²) >= 11 is 0. The van der Waals surface area contributed by atoms with Crippen molar-refractivity contribution in [2.24, 2.45) is 4.99 Å². The molecule has 118 valence electrons. The lowest BCUT2D eigenvalue weighted by Gasteiger charge is -2.08. The van der Waals surface area contributed by atoms with Crippen LogP contribution in [0.15, 0.2) is 66.2 Å². The minimum atomic E-state index is -0.465. The molecule has 2 aromatic carbocycles. The van der Waals surface area contributed by atoms with E-state index in [9.17, 15) is 4.79 Å². The summed E-state index contributed by atoms with van der Waals surface area (Å²) in [6.07, 6.45) is 4.06. The maximum absolute atomic E-state index is 11.1. The summed E-state index contributed by atoms with van der Waals surface area (Å²) in [5.41, 5.74) is 3.19. The molecule has 0 fully saturated rings. The monoisotopic (exact) mass is 307 g/mol. The number of benzene rings is 2. The summed E-state index contributed by atoms with van der Waals surface area (Å²) in [6.45, 7) is 7.77. The average Bonchev–Trinajstić information content (AvgIpc) is 2.60. The molecule has 0 bridgehead atoms. The van der Waals surface area contributed by atoms with E-state index < -0.39 is 5.97 Å². The van der Waals surface area contributed by atoms with Crippen molar-refractivity contribution < 1.29 is 9.53 Å². The maximum Gasteiger partial charge on any atom is 0.335 e. The number of carbonyl (C=O) groups is 1. The predicted molar refractivity (Wildman–Crippen MR) is 94.7 cm³/mol. The van der Waals surface area contributed by atoms with E-state index >= 15 is 0 Å². The van der Waals surface area contributed by atoms with Crippen molar-refractivity contribution in [3.05, 3.63) is 72.3 Å². The Labute approximate surface area is 137 Å². The van der Waals surface area contributed by atoms with Crippen molar-refractivity contribution in [3.63, 3.8) is 0 Å². The first kappa shape index (κ1) is 16.7. The minimum Gasteiger partial charge on any atom is -0.423 e. The Kier molecular flexibility index (Phi) is 5.87. The van der Waals surface area contributed by atoms with Gasteiger partial charge in [0.2, 0.25) is 0 Å². The lowest BCUT2D eigenvalue weighted by atomic mass is 9.99. The van der Waals surface area contributed by atoms with Gasteiger partial charge in [0.1, 0.15) is 5.75 Å². The molecule has 2 aromatic rings. The molecule has 0 aromatic heterocycles. The predicted octanol–water partition coefficient (Wildman–Crippen LogP) is 5.04. The van der Waals surface area contributed by atoms with Gasteiger partial charge in [-0.15, -0.1) is 0 Å². The molecule has 0 radical (unpaired) electrons. The number of carbonyl (C=O) groups excluding carboxylic acids is 1. The second-order valence-corrected chi connectivity index (χ2v) is 5.35. The van der Waals surface area contributed by atoms with Gasteiger partial charge in [0.05, 0.1) is 5.69 Å². The molecule has 1 unspecified atom stereocenters. The highest BCUT2D eigenvalue weighted by molar-refractivity contribution is 5.84. The van der Waals surface area contributed by atoms with Gasteiger partial charge in [-0.25, -0.2) is 4.79 Å². The van der Waals surface area contributed by atoms with Crippen molar-refractivity contribution >= 4 is 17.9 Å². The second-order valence-electron chi connectivity index (χ2n) is 5.35. The number of hydrogen-bond donors (Lipinski definition) is 0. The summed E-state index contributed by atoms with van der Waals surface area (Å²) in [6, 6.07) is 15.5. The molecule has 0 saturated carbocycles. The lowest BCUT2D eigenvalue weighted by molar-refractivity contribution is -0.128. The molecule has 23 heavy (non-hydrogen) atoms. The van der Waals surface area contributed by atoms with E-state index in [2.05, 4.69) is 37.6 Å². The Bertz CT molecular complexity index is 685. The Morgan fingerprint density at radius 3 is 2.39 bits per heavy atom. The third-order valence-electron chi connectivity index (χ3n) is 3.70. The summed E-state index contributed by atoms with van der Waals surface area (Å²) in [5, 5.41) is 0. The smallest absolute Gasteiger partial charge is 0.335 e. The van der Waals surface area contributed by atoms with E-state index in [1.165, 1.54) is 5.56 Å². The quantitative estimate of drug-likeness (QED) is 0.324. The van der Waals surface area contributed by atoms with Crippen LogP contribution in [0.5, 0.6) is 5.75 Å². The van der Waals surface area contributed by atoms with Crippen molar-refractivity contribution in [2.45, 2.75) is 26.2 Å². The molecule has 0 aliphatic rings. The van der Waals surface area contributed by atoms with Crippen molar-refractivity contribution in [1.82, 2.24) is 0 Å². The number of rotatable bonds is 6. The van der Waals surface area contributed by atoms with Crippen molar-refractivity contribution in [1.29, 1.82) is 0 Å². The van der Waals surface area contributed by atoms with Gasteiger partial charge in [0.15, 0.2) is 0 Å². The number of esters is 1. The number of nitrogens with zero attached hydrogens (tertiary/aromatic N) is 1. The molecule has 1 atom stereocenters. The van der Waals surface area contributed by atoms with E-state index in [0.717, 1.165) is 23.7 Å². The second kappa shape index (κ2) is 8.08. The fourth-order valence-corrected chi connectivity index (χ4v) is 2.05. The fourth-order valence-electron chi connectivity index (χ4n) is 2.05. The van der Waals surface area contributed by atoms with E-state index in [1.54, 1.807) is 18.3 Å². The van der Waals surface area contributed by atoms with Crippen LogP contribution in [0.3, 0.4) is 0 Å². The van der Waals surface area contributed by atoms with Crippen LogP contribution in [0.4, 0.5) is 5.69 Å². The normalized spacial score (nSPS) is 12.1. The largest absolute Gasteiger partial charge is 0.423 e. The van der Waals surface area contributed by atoms with Gasteiger partial charge in [-0.1, -0.05) is 32.6 Å². The number of ether oxygens (including phenoxy) is 1. The molecule has 0 saturated heterocycles. The average molecular weight is 307 g/mol. The Morgan fingerprint density at radius 2 is 1.83 bits per heavy atom. The molecule has 3 heteroatoms. The highest BCUT2D eigenvalue weighted by Gasteiger charge is 2.02. The lowest BCUT2D eigenvalue weighted by Crippen LogP contribution is -2.02. The van der Waals surface area contributed by atoms with E-state index in [0.29, 0.717) is 11.7 Å². The molecule has 0 heterocycles. The van der Waals surface area contributed by atoms with Gasteiger partial charge in [0, 0.05) is 12.3 Å². The van der Waals surface area contributed by atoms with Crippen molar-refractivity contribution in [2.75, 3.05) is 0 Å². The zero-order valence-electron chi connectivity index (χ0n) is 13.5. The summed E-state index contributed by atoms with van der Waals surface area (Å²) in [5.74, 6) is 0.594. The highest BCUT2D eigenvalue weighted by atomic mass is 16.5. The van der Waals surface area contributed by atoms with E-state index in [-0.39, 0.29) is 0 Å². The standard InChI is InChI=1S/C20H21NO2/c1-4-15(3)17-8-10-18(11-9-17)21-14-16-6-12-19(13-7-16)23-20(22)5-2/h5-15H,2,4H2,1,3H3. The zero-order valence-corrected chi connectivity index (χ0v) is 13.5. The van der Waals surface area contributed by atoms with E-state index in [4.69, 9.17) is 4.74 Å². The topological polar surface area (TPSA) is 38.7 Å². The highest BCUT2D eigenvalue weighted by Crippen LogP contribution is 2.21. The molecule has 0 aliphatic heterocycles. The van der Waals surface area contributed by atoms with Crippen LogP contribution in [0, 0.1) is 0 Å². The third-order valence-corrected chi connectivity index (χ3v) is 3.70. The van der Waals surface area contributed by atoms with Gasteiger partial charge < -0.3 is 4.74 Å². The molecule has 3 nitrogen and oxygen atoms in total. The maximum atomic E-state index is 11.1. The first-order chi connectivity index (χ1) is 11.1. The van der Waals surface area contributed by atoms with Crippen LogP contribution in [0.2, 0.25) is 0 Å². The molecular formula is C20H21NO2. The Morgan fingerprint density at radius 1 is 1.17 bits per heavy atom. The third kappa shape index (κ3) is 4.92. The van der Waals surface area contributed by atoms with Crippen LogP contribution in [0.1, 0.15) is 37.3 Å². The fraction of sp³-hybridized carbons (Fsp3) is 0.200. The van der Waals surface area contributed by atoms with Gasteiger partial charge in [-0.05, 0) is 59.9 Å². The molecule has 0 spiro atoms. The van der Waals surface area contributed by atoms with E-state index in [1.807, 2.05) is 24.3 Å².